The molecule has 2 aromatic rings. The van der Waals surface area contributed by atoms with Gasteiger partial charge in [-0.2, -0.15) is 0 Å². The maximum atomic E-state index is 5.73. The Morgan fingerprint density at radius 1 is 1.20 bits per heavy atom. The fraction of sp³-hybridized carbons (Fsp3) is 0.312. The van der Waals surface area contributed by atoms with E-state index in [1.54, 1.807) is 13.2 Å². The molecule has 0 aliphatic rings. The molecule has 2 rings (SSSR count). The minimum Gasteiger partial charge on any atom is -0.493 e. The van der Waals surface area contributed by atoms with Crippen LogP contribution in [0.1, 0.15) is 0 Å². The highest BCUT2D eigenvalue weighted by Crippen LogP contribution is 2.31. The topological polar surface area (TPSA) is 34.6 Å². The van der Waals surface area contributed by atoms with E-state index >= 15 is 0 Å². The maximum Gasteiger partial charge on any atom is 0.161 e. The zero-order chi connectivity index (χ0) is 14.4. The summed E-state index contributed by atoms with van der Waals surface area (Å²) < 4.78 is 11.1. The van der Waals surface area contributed by atoms with Crippen LogP contribution in [0.25, 0.3) is 11.3 Å². The quantitative estimate of drug-likeness (QED) is 0.808. The summed E-state index contributed by atoms with van der Waals surface area (Å²) in [7, 11) is 5.67. The number of rotatable bonds is 6. The van der Waals surface area contributed by atoms with Crippen LogP contribution in [0, 0.1) is 6.20 Å². The molecule has 0 amide bonds. The molecule has 4 nitrogen and oxygen atoms in total. The lowest BCUT2D eigenvalue weighted by atomic mass is 10.1. The lowest BCUT2D eigenvalue weighted by Crippen LogP contribution is -2.19. The molecule has 0 fully saturated rings. The van der Waals surface area contributed by atoms with Gasteiger partial charge in [0, 0.05) is 12.1 Å². The monoisotopic (exact) mass is 271 g/mol. The minimum absolute atomic E-state index is 0.625. The number of hydrogen-bond acceptors (Lipinski definition) is 4. The van der Waals surface area contributed by atoms with E-state index in [9.17, 15) is 0 Å². The first-order chi connectivity index (χ1) is 9.70. The van der Waals surface area contributed by atoms with Gasteiger partial charge in [-0.3, -0.25) is 0 Å². The van der Waals surface area contributed by atoms with Crippen molar-refractivity contribution in [3.63, 3.8) is 0 Å². The molecule has 4 heteroatoms. The fourth-order valence-corrected chi connectivity index (χ4v) is 1.77. The number of aromatic nitrogens is 1. The van der Waals surface area contributed by atoms with Crippen LogP contribution < -0.4 is 9.47 Å². The lowest BCUT2D eigenvalue weighted by Gasteiger charge is -2.14. The van der Waals surface area contributed by atoms with Crippen molar-refractivity contribution in [2.24, 2.45) is 0 Å². The van der Waals surface area contributed by atoms with Crippen LogP contribution in [0.3, 0.4) is 0 Å². The summed E-state index contributed by atoms with van der Waals surface area (Å²) >= 11 is 0. The lowest BCUT2D eigenvalue weighted by molar-refractivity contribution is 0.251. The molecule has 20 heavy (non-hydrogen) atoms. The molecule has 0 unspecified atom stereocenters. The summed E-state index contributed by atoms with van der Waals surface area (Å²) in [5.41, 5.74) is 1.85. The van der Waals surface area contributed by atoms with Crippen LogP contribution in [0.2, 0.25) is 0 Å². The Labute approximate surface area is 120 Å². The minimum atomic E-state index is 0.625. The number of ether oxygens (including phenoxy) is 2. The highest BCUT2D eigenvalue weighted by Gasteiger charge is 2.07. The molecule has 105 valence electrons. The van der Waals surface area contributed by atoms with Crippen LogP contribution in [0.4, 0.5) is 0 Å². The number of benzene rings is 1. The number of pyridine rings is 1. The molecular weight excluding hydrogens is 252 g/mol. The van der Waals surface area contributed by atoms with E-state index < -0.39 is 0 Å². The van der Waals surface area contributed by atoms with Crippen LogP contribution in [-0.2, 0) is 0 Å². The van der Waals surface area contributed by atoms with E-state index in [-0.39, 0.29) is 0 Å². The van der Waals surface area contributed by atoms with Gasteiger partial charge in [-0.25, -0.2) is 4.98 Å². The van der Waals surface area contributed by atoms with E-state index in [0.29, 0.717) is 12.4 Å². The third kappa shape index (κ3) is 3.71. The maximum absolute atomic E-state index is 5.73. The average Bonchev–Trinajstić information content (AvgIpc) is 2.48. The molecule has 0 aliphatic carbocycles. The van der Waals surface area contributed by atoms with Gasteiger partial charge in [-0.05, 0) is 44.4 Å². The normalized spacial score (nSPS) is 10.6. The molecule has 0 atom stereocenters. The molecule has 0 N–H and O–H groups in total. The van der Waals surface area contributed by atoms with Gasteiger partial charge in [-0.15, -0.1) is 0 Å². The second kappa shape index (κ2) is 6.91. The fourth-order valence-electron chi connectivity index (χ4n) is 1.77. The van der Waals surface area contributed by atoms with Crippen molar-refractivity contribution in [1.29, 1.82) is 0 Å². The summed E-state index contributed by atoms with van der Waals surface area (Å²) in [4.78, 5) is 6.29. The van der Waals surface area contributed by atoms with Crippen LogP contribution in [0.5, 0.6) is 11.5 Å². The number of nitrogens with zero attached hydrogens (tertiary/aromatic N) is 2. The Hall–Kier alpha value is -2.07. The SMILES string of the molecule is COc1cc(-c2ccc[c]n2)ccc1OCCN(C)C. The van der Waals surface area contributed by atoms with E-state index in [0.717, 1.165) is 23.6 Å². The Bertz CT molecular complexity index is 541. The smallest absolute Gasteiger partial charge is 0.161 e. The molecule has 1 aromatic heterocycles. The van der Waals surface area contributed by atoms with Crippen molar-refractivity contribution >= 4 is 0 Å². The van der Waals surface area contributed by atoms with Crippen molar-refractivity contribution in [3.05, 3.63) is 42.6 Å². The number of methoxy groups -OCH3 is 1. The van der Waals surface area contributed by atoms with Crippen LogP contribution in [-0.4, -0.2) is 44.2 Å². The van der Waals surface area contributed by atoms with Gasteiger partial charge in [0.25, 0.3) is 0 Å². The van der Waals surface area contributed by atoms with Crippen LogP contribution >= 0.6 is 0 Å². The third-order valence-corrected chi connectivity index (χ3v) is 2.87. The van der Waals surface area contributed by atoms with E-state index in [1.165, 1.54) is 0 Å². The Morgan fingerprint density at radius 2 is 2.05 bits per heavy atom. The zero-order valence-electron chi connectivity index (χ0n) is 12.1. The zero-order valence-corrected chi connectivity index (χ0v) is 12.1. The third-order valence-electron chi connectivity index (χ3n) is 2.87. The van der Waals surface area contributed by atoms with E-state index in [4.69, 9.17) is 9.47 Å². The molecular formula is C16H19N2O2. The van der Waals surface area contributed by atoms with Gasteiger partial charge >= 0.3 is 0 Å². The molecule has 1 aromatic carbocycles. The number of hydrogen-bond donors (Lipinski definition) is 0. The van der Waals surface area contributed by atoms with Crippen LogP contribution in [0.15, 0.2) is 36.4 Å². The Balaban J connectivity index is 2.16. The molecule has 0 spiro atoms. The van der Waals surface area contributed by atoms with Crippen molar-refractivity contribution in [2.75, 3.05) is 34.4 Å². The first kappa shape index (κ1) is 14.3. The van der Waals surface area contributed by atoms with Gasteiger partial charge in [0.05, 0.1) is 19.0 Å². The van der Waals surface area contributed by atoms with Gasteiger partial charge in [-0.1, -0.05) is 6.07 Å². The summed E-state index contributed by atoms with van der Waals surface area (Å²) in [6, 6.07) is 11.5. The largest absolute Gasteiger partial charge is 0.493 e. The van der Waals surface area contributed by atoms with Gasteiger partial charge in [0.1, 0.15) is 6.61 Å². The van der Waals surface area contributed by atoms with Crippen molar-refractivity contribution in [3.8, 4) is 22.8 Å². The molecule has 0 aliphatic heterocycles. The predicted octanol–water partition coefficient (Wildman–Crippen LogP) is 2.50. The highest BCUT2D eigenvalue weighted by atomic mass is 16.5. The van der Waals surface area contributed by atoms with Gasteiger partial charge < -0.3 is 14.4 Å². The second-order valence-corrected chi connectivity index (χ2v) is 4.67. The summed E-state index contributed by atoms with van der Waals surface area (Å²) in [6.45, 7) is 1.49. The van der Waals surface area contributed by atoms with Crippen molar-refractivity contribution in [2.45, 2.75) is 0 Å². The summed E-state index contributed by atoms with van der Waals surface area (Å²) in [5, 5.41) is 0. The molecule has 1 heterocycles. The molecule has 0 saturated carbocycles. The molecule has 0 bridgehead atoms. The average molecular weight is 271 g/mol. The summed E-state index contributed by atoms with van der Waals surface area (Å²) in [6.07, 6.45) is 2.83. The molecule has 0 saturated heterocycles. The van der Waals surface area contributed by atoms with Crippen molar-refractivity contribution < 1.29 is 9.47 Å². The first-order valence-corrected chi connectivity index (χ1v) is 6.50. The second-order valence-electron chi connectivity index (χ2n) is 4.67. The predicted molar refractivity (Wildman–Crippen MR) is 79.1 cm³/mol. The number of likely N-dealkylation sites (N-methyl/N-ethyl adjacent to an activating group) is 1. The Kier molecular flexibility index (Phi) is 4.96. The first-order valence-electron chi connectivity index (χ1n) is 6.50. The molecule has 1 radical (unpaired) electrons. The summed E-state index contributed by atoms with van der Waals surface area (Å²) in [5.74, 6) is 1.46. The standard InChI is InChI=1S/C16H19N2O2/c1-18(2)10-11-20-15-8-7-13(12-16(15)19-3)14-6-4-5-9-17-14/h4-8,12H,10-11H2,1-3H3. The Morgan fingerprint density at radius 3 is 2.70 bits per heavy atom. The highest BCUT2D eigenvalue weighted by molar-refractivity contribution is 5.63. The van der Waals surface area contributed by atoms with E-state index in [1.807, 2.05) is 44.4 Å². The van der Waals surface area contributed by atoms with Gasteiger partial charge in [0.15, 0.2) is 11.5 Å². The van der Waals surface area contributed by atoms with E-state index in [2.05, 4.69) is 16.1 Å². The van der Waals surface area contributed by atoms with Gasteiger partial charge in [0.2, 0.25) is 0 Å². The van der Waals surface area contributed by atoms with Crippen molar-refractivity contribution in [1.82, 2.24) is 9.88 Å².